The molecule has 160 valence electrons. The standard InChI is InChI=1S/C24H27N5OS/c1-24(2,3)31(30)28-20(16-17-10-7-8-14-25-17)23-19(12-9-15-26-23)22-18-11-5-6-13-21(18)29(4)27-22/h5-15,20,28H,16H2,1-4H3. The highest BCUT2D eigenvalue weighted by atomic mass is 32.2. The van der Waals surface area contributed by atoms with E-state index < -0.39 is 16.1 Å². The fourth-order valence-corrected chi connectivity index (χ4v) is 4.34. The van der Waals surface area contributed by atoms with E-state index in [1.807, 2.05) is 75.0 Å². The minimum atomic E-state index is -1.27. The van der Waals surface area contributed by atoms with E-state index in [2.05, 4.69) is 21.8 Å². The number of pyridine rings is 2. The molecule has 0 fully saturated rings. The maximum absolute atomic E-state index is 13.0. The fraction of sp³-hybridized carbons (Fsp3) is 0.292. The monoisotopic (exact) mass is 433 g/mol. The lowest BCUT2D eigenvalue weighted by Crippen LogP contribution is -2.42. The van der Waals surface area contributed by atoms with Crippen molar-refractivity contribution in [1.82, 2.24) is 24.5 Å². The molecule has 7 heteroatoms. The lowest BCUT2D eigenvalue weighted by atomic mass is 9.99. The van der Waals surface area contributed by atoms with Gasteiger partial charge < -0.3 is 4.55 Å². The van der Waals surface area contributed by atoms with Crippen LogP contribution in [-0.4, -0.2) is 29.0 Å². The maximum Gasteiger partial charge on any atom is 0.136 e. The van der Waals surface area contributed by atoms with Crippen molar-refractivity contribution in [3.05, 3.63) is 78.4 Å². The van der Waals surface area contributed by atoms with Gasteiger partial charge in [0.1, 0.15) is 16.5 Å². The summed E-state index contributed by atoms with van der Waals surface area (Å²) in [5.74, 6) is 0. The van der Waals surface area contributed by atoms with Crippen molar-refractivity contribution in [2.45, 2.75) is 38.0 Å². The first-order valence-corrected chi connectivity index (χ1v) is 11.4. The lowest BCUT2D eigenvalue weighted by molar-refractivity contribution is 0.517. The smallest absolute Gasteiger partial charge is 0.136 e. The SMILES string of the molecule is Cn1nc(-c2cccnc2C(Cc2ccccn2)N[S+]([O-])C(C)(C)C)c2ccccc21. The van der Waals surface area contributed by atoms with Gasteiger partial charge in [-0.15, -0.1) is 4.72 Å². The van der Waals surface area contributed by atoms with Crippen molar-refractivity contribution in [2.75, 3.05) is 0 Å². The molecule has 4 aromatic rings. The Balaban J connectivity index is 1.82. The highest BCUT2D eigenvalue weighted by Gasteiger charge is 2.32. The highest BCUT2D eigenvalue weighted by molar-refractivity contribution is 7.90. The summed E-state index contributed by atoms with van der Waals surface area (Å²) in [6.07, 6.45) is 4.12. The van der Waals surface area contributed by atoms with Gasteiger partial charge in [-0.05, 0) is 51.1 Å². The predicted octanol–water partition coefficient (Wildman–Crippen LogP) is 4.37. The summed E-state index contributed by atoms with van der Waals surface area (Å²) in [7, 11) is 1.94. The van der Waals surface area contributed by atoms with E-state index in [1.165, 1.54) is 0 Å². The predicted molar refractivity (Wildman–Crippen MR) is 126 cm³/mol. The molecule has 6 nitrogen and oxygen atoms in total. The Labute approximate surface area is 186 Å². The number of nitrogens with zero attached hydrogens (tertiary/aromatic N) is 4. The number of nitrogens with one attached hydrogen (secondary N) is 1. The molecule has 0 aliphatic rings. The minimum Gasteiger partial charge on any atom is -0.598 e. The Hall–Kier alpha value is -2.74. The van der Waals surface area contributed by atoms with Crippen LogP contribution in [0.1, 0.15) is 38.2 Å². The molecule has 1 N–H and O–H groups in total. The van der Waals surface area contributed by atoms with E-state index >= 15 is 0 Å². The van der Waals surface area contributed by atoms with Gasteiger partial charge in [-0.2, -0.15) is 5.10 Å². The second kappa shape index (κ2) is 8.78. The van der Waals surface area contributed by atoms with Crippen molar-refractivity contribution in [3.8, 4) is 11.3 Å². The molecule has 0 saturated heterocycles. The summed E-state index contributed by atoms with van der Waals surface area (Å²) in [4.78, 5) is 9.21. The Morgan fingerprint density at radius 3 is 2.48 bits per heavy atom. The third-order valence-electron chi connectivity index (χ3n) is 5.13. The number of para-hydroxylation sites is 1. The molecule has 2 unspecified atom stereocenters. The summed E-state index contributed by atoms with van der Waals surface area (Å²) in [5.41, 5.74) is 4.58. The quantitative estimate of drug-likeness (QED) is 0.457. The summed E-state index contributed by atoms with van der Waals surface area (Å²) in [6.45, 7) is 5.87. The van der Waals surface area contributed by atoms with Crippen LogP contribution in [0.15, 0.2) is 67.0 Å². The summed E-state index contributed by atoms with van der Waals surface area (Å²) < 4.78 is 17.8. The van der Waals surface area contributed by atoms with Crippen molar-refractivity contribution >= 4 is 22.3 Å². The molecule has 1 aromatic carbocycles. The third-order valence-corrected chi connectivity index (χ3v) is 6.74. The number of rotatable bonds is 6. The molecule has 0 aliphatic carbocycles. The van der Waals surface area contributed by atoms with Crippen LogP contribution in [0.4, 0.5) is 0 Å². The van der Waals surface area contributed by atoms with Crippen molar-refractivity contribution in [1.29, 1.82) is 0 Å². The molecule has 0 saturated carbocycles. The van der Waals surface area contributed by atoms with Crippen LogP contribution in [0.2, 0.25) is 0 Å². The van der Waals surface area contributed by atoms with Crippen molar-refractivity contribution in [3.63, 3.8) is 0 Å². The number of benzene rings is 1. The van der Waals surface area contributed by atoms with Gasteiger partial charge in [-0.3, -0.25) is 14.6 Å². The van der Waals surface area contributed by atoms with Crippen LogP contribution in [0.3, 0.4) is 0 Å². The first kappa shape index (κ1) is 21.5. The zero-order valence-electron chi connectivity index (χ0n) is 18.2. The largest absolute Gasteiger partial charge is 0.598 e. The molecule has 0 aliphatic heterocycles. The van der Waals surface area contributed by atoms with Crippen LogP contribution in [0.5, 0.6) is 0 Å². The summed E-state index contributed by atoms with van der Waals surface area (Å²) >= 11 is -1.27. The molecule has 0 spiro atoms. The van der Waals surface area contributed by atoms with Crippen LogP contribution >= 0.6 is 0 Å². The van der Waals surface area contributed by atoms with Gasteiger partial charge >= 0.3 is 0 Å². The number of hydrogen-bond donors (Lipinski definition) is 1. The molecule has 2 atom stereocenters. The van der Waals surface area contributed by atoms with Crippen LogP contribution in [0, 0.1) is 0 Å². The van der Waals surface area contributed by atoms with E-state index in [-0.39, 0.29) is 6.04 Å². The van der Waals surface area contributed by atoms with Crippen LogP contribution in [0.25, 0.3) is 22.2 Å². The van der Waals surface area contributed by atoms with Crippen molar-refractivity contribution in [2.24, 2.45) is 7.05 Å². The van der Waals surface area contributed by atoms with Crippen molar-refractivity contribution < 1.29 is 4.55 Å². The molecule has 0 amide bonds. The molecule has 0 radical (unpaired) electrons. The Bertz CT molecular complexity index is 1170. The number of hydrogen-bond acceptors (Lipinski definition) is 5. The Morgan fingerprint density at radius 1 is 1.00 bits per heavy atom. The van der Waals surface area contributed by atoms with Crippen LogP contribution < -0.4 is 4.72 Å². The van der Waals surface area contributed by atoms with Gasteiger partial charge in [-0.1, -0.05) is 24.3 Å². The molecule has 4 rings (SSSR count). The second-order valence-corrected chi connectivity index (χ2v) is 10.5. The molecule has 31 heavy (non-hydrogen) atoms. The zero-order valence-corrected chi connectivity index (χ0v) is 19.1. The van der Waals surface area contributed by atoms with Gasteiger partial charge in [0.15, 0.2) is 0 Å². The van der Waals surface area contributed by atoms with E-state index in [0.717, 1.165) is 33.5 Å². The molecular weight excluding hydrogens is 406 g/mol. The van der Waals surface area contributed by atoms with Crippen LogP contribution in [-0.2, 0) is 24.8 Å². The number of aryl methyl sites for hydroxylation is 1. The minimum absolute atomic E-state index is 0.285. The van der Waals surface area contributed by atoms with E-state index in [1.54, 1.807) is 12.4 Å². The molecule has 3 heterocycles. The first-order valence-electron chi connectivity index (χ1n) is 10.3. The Morgan fingerprint density at radius 2 is 1.74 bits per heavy atom. The van der Waals surface area contributed by atoms with Gasteiger partial charge in [0.05, 0.1) is 11.2 Å². The second-order valence-electron chi connectivity index (χ2n) is 8.50. The molecule has 3 aromatic heterocycles. The first-order chi connectivity index (χ1) is 14.8. The van der Waals surface area contributed by atoms with Gasteiger partial charge in [0, 0.05) is 53.9 Å². The topological polar surface area (TPSA) is 78.7 Å². The average Bonchev–Trinajstić information content (AvgIpc) is 3.10. The molecular formula is C24H27N5OS. The molecule has 0 bridgehead atoms. The average molecular weight is 434 g/mol. The zero-order chi connectivity index (χ0) is 22.0. The number of aromatic nitrogens is 4. The van der Waals surface area contributed by atoms with E-state index in [9.17, 15) is 4.55 Å². The summed E-state index contributed by atoms with van der Waals surface area (Å²) in [6, 6.07) is 17.7. The lowest BCUT2D eigenvalue weighted by Gasteiger charge is -2.28. The van der Waals surface area contributed by atoms with Gasteiger partial charge in [0.25, 0.3) is 0 Å². The fourth-order valence-electron chi connectivity index (χ4n) is 3.54. The van der Waals surface area contributed by atoms with E-state index in [0.29, 0.717) is 6.42 Å². The normalized spacial score (nSPS) is 14.0. The number of fused-ring (bicyclic) bond motifs is 1. The highest BCUT2D eigenvalue weighted by Crippen LogP contribution is 2.33. The van der Waals surface area contributed by atoms with E-state index in [4.69, 9.17) is 10.1 Å². The third kappa shape index (κ3) is 4.63. The Kier molecular flexibility index (Phi) is 6.09. The van der Waals surface area contributed by atoms with Gasteiger partial charge in [0.2, 0.25) is 0 Å². The maximum atomic E-state index is 13.0. The summed E-state index contributed by atoms with van der Waals surface area (Å²) in [5, 5.41) is 5.86. The van der Waals surface area contributed by atoms with Gasteiger partial charge in [-0.25, -0.2) is 0 Å².